The van der Waals surface area contributed by atoms with E-state index in [9.17, 15) is 0 Å². The van der Waals surface area contributed by atoms with Crippen LogP contribution in [-0.4, -0.2) is 20.3 Å². The third-order valence-electron chi connectivity index (χ3n) is 3.96. The maximum atomic E-state index is 5.79. The molecule has 0 saturated heterocycles. The summed E-state index contributed by atoms with van der Waals surface area (Å²) < 4.78 is 12.1. The number of thioether (sulfide) groups is 1. The molecule has 0 bridgehead atoms. The number of hydrogen-bond donors (Lipinski definition) is 0. The Morgan fingerprint density at radius 1 is 1.21 bits per heavy atom. The number of rotatable bonds is 5. The van der Waals surface area contributed by atoms with E-state index < -0.39 is 0 Å². The second-order valence-electron chi connectivity index (χ2n) is 5.65. The van der Waals surface area contributed by atoms with Crippen LogP contribution in [0.5, 0.6) is 0 Å². The van der Waals surface area contributed by atoms with Gasteiger partial charge in [-0.1, -0.05) is 36.2 Å². The van der Waals surface area contributed by atoms with E-state index >= 15 is 0 Å². The van der Waals surface area contributed by atoms with Crippen molar-refractivity contribution in [2.45, 2.75) is 49.0 Å². The van der Waals surface area contributed by atoms with E-state index in [2.05, 4.69) is 36.3 Å². The van der Waals surface area contributed by atoms with Crippen molar-refractivity contribution in [2.24, 2.45) is 0 Å². The van der Waals surface area contributed by atoms with Gasteiger partial charge in [-0.25, -0.2) is 0 Å². The van der Waals surface area contributed by atoms with Crippen molar-refractivity contribution >= 4 is 39.0 Å². The van der Waals surface area contributed by atoms with Crippen molar-refractivity contribution in [3.05, 3.63) is 27.7 Å². The Hall–Kier alpha value is -1.19. The lowest BCUT2D eigenvalue weighted by Crippen LogP contribution is -2.04. The summed E-state index contributed by atoms with van der Waals surface area (Å²) in [6.07, 6.45) is 6.11. The molecule has 24 heavy (non-hydrogen) atoms. The maximum Gasteiger partial charge on any atom is 0.277 e. The number of thiophene rings is 1. The van der Waals surface area contributed by atoms with Crippen molar-refractivity contribution in [3.8, 4) is 10.7 Å². The minimum atomic E-state index is 0.424. The molecular weight excluding hydrogens is 412 g/mol. The summed E-state index contributed by atoms with van der Waals surface area (Å²) in [7, 11) is 0. The Kier molecular flexibility index (Phi) is 5.00. The first-order chi connectivity index (χ1) is 11.8. The van der Waals surface area contributed by atoms with Gasteiger partial charge in [0.2, 0.25) is 17.6 Å². The van der Waals surface area contributed by atoms with Gasteiger partial charge in [-0.3, -0.25) is 0 Å². The summed E-state index contributed by atoms with van der Waals surface area (Å²) in [6.45, 7) is 0. The molecule has 126 valence electrons. The molecule has 1 fully saturated rings. The molecule has 6 nitrogen and oxygen atoms in total. The van der Waals surface area contributed by atoms with Gasteiger partial charge >= 0.3 is 0 Å². The Labute approximate surface area is 155 Å². The van der Waals surface area contributed by atoms with Gasteiger partial charge in [0, 0.05) is 5.92 Å². The summed E-state index contributed by atoms with van der Waals surface area (Å²) in [6, 6.07) is 3.93. The second kappa shape index (κ2) is 7.37. The molecule has 0 amide bonds. The molecule has 0 aromatic carbocycles. The monoisotopic (exact) mass is 426 g/mol. The highest BCUT2D eigenvalue weighted by atomic mass is 79.9. The first kappa shape index (κ1) is 16.3. The maximum absolute atomic E-state index is 5.79. The van der Waals surface area contributed by atoms with Crippen LogP contribution in [0.2, 0.25) is 0 Å². The average Bonchev–Trinajstić information content (AvgIpc) is 3.34. The standard InChI is InChI=1S/C15H15BrN4O2S2/c16-11-7-6-10(24-11)13-17-12(22-20-13)8-23-15-19-18-14(21-15)9-4-2-1-3-5-9/h6-7,9H,1-5,8H2. The fourth-order valence-electron chi connectivity index (χ4n) is 2.76. The van der Waals surface area contributed by atoms with Crippen LogP contribution in [0.15, 0.2) is 30.1 Å². The zero-order chi connectivity index (χ0) is 16.4. The lowest BCUT2D eigenvalue weighted by molar-refractivity contribution is 0.334. The first-order valence-electron chi connectivity index (χ1n) is 7.82. The SMILES string of the molecule is Brc1ccc(-c2noc(CSc3nnc(C4CCCCC4)o3)n2)s1. The smallest absolute Gasteiger partial charge is 0.277 e. The summed E-state index contributed by atoms with van der Waals surface area (Å²) in [4.78, 5) is 5.38. The Morgan fingerprint density at radius 3 is 2.88 bits per heavy atom. The Balaban J connectivity index is 1.37. The zero-order valence-electron chi connectivity index (χ0n) is 12.8. The van der Waals surface area contributed by atoms with Gasteiger partial charge in [0.25, 0.3) is 5.22 Å². The molecule has 9 heteroatoms. The summed E-state index contributed by atoms with van der Waals surface area (Å²) in [5.74, 6) is 2.87. The van der Waals surface area contributed by atoms with Crippen molar-refractivity contribution in [1.82, 2.24) is 20.3 Å². The van der Waals surface area contributed by atoms with Crippen LogP contribution in [0.1, 0.15) is 49.8 Å². The van der Waals surface area contributed by atoms with E-state index in [1.807, 2.05) is 12.1 Å². The van der Waals surface area contributed by atoms with E-state index in [-0.39, 0.29) is 0 Å². The minimum absolute atomic E-state index is 0.424. The van der Waals surface area contributed by atoms with Crippen molar-refractivity contribution in [2.75, 3.05) is 0 Å². The molecule has 3 aromatic heterocycles. The highest BCUT2D eigenvalue weighted by molar-refractivity contribution is 9.11. The van der Waals surface area contributed by atoms with Gasteiger partial charge in [-0.2, -0.15) is 4.98 Å². The molecule has 0 radical (unpaired) electrons. The van der Waals surface area contributed by atoms with Gasteiger partial charge in [0.1, 0.15) is 0 Å². The molecule has 3 aromatic rings. The first-order valence-corrected chi connectivity index (χ1v) is 10.4. The topological polar surface area (TPSA) is 77.8 Å². The normalized spacial score (nSPS) is 15.9. The van der Waals surface area contributed by atoms with Gasteiger partial charge in [0.05, 0.1) is 14.4 Å². The zero-order valence-corrected chi connectivity index (χ0v) is 16.0. The highest BCUT2D eigenvalue weighted by Crippen LogP contribution is 2.34. The number of halogens is 1. The highest BCUT2D eigenvalue weighted by Gasteiger charge is 2.21. The second-order valence-corrected chi connectivity index (χ2v) is 9.03. The van der Waals surface area contributed by atoms with Crippen LogP contribution in [0, 0.1) is 0 Å². The van der Waals surface area contributed by atoms with Crippen molar-refractivity contribution in [3.63, 3.8) is 0 Å². The number of aromatic nitrogens is 4. The van der Waals surface area contributed by atoms with E-state index in [0.717, 1.165) is 27.4 Å². The largest absolute Gasteiger partial charge is 0.416 e. The van der Waals surface area contributed by atoms with E-state index in [1.54, 1.807) is 11.3 Å². The van der Waals surface area contributed by atoms with Crippen LogP contribution in [0.3, 0.4) is 0 Å². The summed E-state index contributed by atoms with van der Waals surface area (Å²) in [5, 5.41) is 12.9. The fourth-order valence-corrected chi connectivity index (χ4v) is 4.68. The quantitative estimate of drug-likeness (QED) is 0.513. The Bertz CT molecular complexity index is 810. The Morgan fingerprint density at radius 2 is 2.08 bits per heavy atom. The molecule has 4 rings (SSSR count). The third kappa shape index (κ3) is 3.73. The number of hydrogen-bond acceptors (Lipinski definition) is 8. The molecule has 3 heterocycles. The minimum Gasteiger partial charge on any atom is -0.416 e. The van der Waals surface area contributed by atoms with Crippen molar-refractivity contribution < 1.29 is 8.94 Å². The van der Waals surface area contributed by atoms with E-state index in [0.29, 0.717) is 28.6 Å². The van der Waals surface area contributed by atoms with Gasteiger partial charge < -0.3 is 8.94 Å². The molecule has 0 N–H and O–H groups in total. The number of nitrogens with zero attached hydrogens (tertiary/aromatic N) is 4. The van der Waals surface area contributed by atoms with Crippen LogP contribution < -0.4 is 0 Å². The van der Waals surface area contributed by atoms with Crippen LogP contribution in [-0.2, 0) is 5.75 Å². The average molecular weight is 427 g/mol. The predicted molar refractivity (Wildman–Crippen MR) is 95.0 cm³/mol. The van der Waals surface area contributed by atoms with Gasteiger partial charge in [-0.15, -0.1) is 21.5 Å². The molecule has 0 spiro atoms. The molecule has 1 aliphatic rings. The molecule has 1 saturated carbocycles. The van der Waals surface area contributed by atoms with Gasteiger partial charge in [0.15, 0.2) is 0 Å². The molecule has 0 unspecified atom stereocenters. The third-order valence-corrected chi connectivity index (χ3v) is 6.38. The summed E-state index contributed by atoms with van der Waals surface area (Å²) in [5.41, 5.74) is 0. The lowest BCUT2D eigenvalue weighted by atomic mass is 9.89. The van der Waals surface area contributed by atoms with Gasteiger partial charge in [-0.05, 0) is 40.9 Å². The van der Waals surface area contributed by atoms with E-state index in [1.165, 1.54) is 31.0 Å². The summed E-state index contributed by atoms with van der Waals surface area (Å²) >= 11 is 6.43. The lowest BCUT2D eigenvalue weighted by Gasteiger charge is -2.17. The van der Waals surface area contributed by atoms with Crippen LogP contribution >= 0.6 is 39.0 Å². The van der Waals surface area contributed by atoms with Crippen LogP contribution in [0.25, 0.3) is 10.7 Å². The molecule has 0 aliphatic heterocycles. The fraction of sp³-hybridized carbons (Fsp3) is 0.467. The molecule has 0 atom stereocenters. The molecular formula is C15H15BrN4O2S2. The van der Waals surface area contributed by atoms with Crippen molar-refractivity contribution in [1.29, 1.82) is 0 Å². The van der Waals surface area contributed by atoms with Crippen LogP contribution in [0.4, 0.5) is 0 Å². The van der Waals surface area contributed by atoms with E-state index in [4.69, 9.17) is 8.94 Å². The molecule has 1 aliphatic carbocycles. The predicted octanol–water partition coefficient (Wildman–Crippen LogP) is 5.28.